The van der Waals surface area contributed by atoms with E-state index in [1.54, 1.807) is 0 Å². The molecule has 0 spiro atoms. The van der Waals surface area contributed by atoms with E-state index in [0.717, 1.165) is 49.0 Å². The Labute approximate surface area is 127 Å². The molecule has 0 bridgehead atoms. The molecule has 0 atom stereocenters. The molecule has 0 aliphatic heterocycles. The number of nitrogens with one attached hydrogen (secondary N) is 1. The van der Waals surface area contributed by atoms with Crippen molar-refractivity contribution in [3.63, 3.8) is 0 Å². The molecule has 1 aromatic heterocycles. The van der Waals surface area contributed by atoms with Crippen LogP contribution in [0.25, 0.3) is 0 Å². The summed E-state index contributed by atoms with van der Waals surface area (Å²) in [5, 5.41) is 12.8. The molecule has 0 aromatic carbocycles. The van der Waals surface area contributed by atoms with Gasteiger partial charge in [-0.1, -0.05) is 13.8 Å². The second-order valence-corrected chi connectivity index (χ2v) is 6.44. The first-order valence-electron chi connectivity index (χ1n) is 7.93. The van der Waals surface area contributed by atoms with Crippen LogP contribution in [0, 0.1) is 12.8 Å². The van der Waals surface area contributed by atoms with Crippen molar-refractivity contribution in [2.75, 3.05) is 30.4 Å². The van der Waals surface area contributed by atoms with Crippen molar-refractivity contribution in [3.05, 3.63) is 11.4 Å². The van der Waals surface area contributed by atoms with Crippen LogP contribution in [0.1, 0.15) is 50.9 Å². The highest BCUT2D eigenvalue weighted by atomic mass is 16.3. The number of rotatable bonds is 6. The molecule has 1 aromatic rings. The highest BCUT2D eigenvalue weighted by Crippen LogP contribution is 2.31. The molecule has 1 saturated carbocycles. The van der Waals surface area contributed by atoms with E-state index in [1.165, 1.54) is 0 Å². The average molecular weight is 292 g/mol. The Morgan fingerprint density at radius 2 is 2.00 bits per heavy atom. The molecule has 1 aliphatic rings. The summed E-state index contributed by atoms with van der Waals surface area (Å²) in [7, 11) is 2.08. The zero-order valence-corrected chi connectivity index (χ0v) is 13.8. The van der Waals surface area contributed by atoms with E-state index in [9.17, 15) is 5.11 Å². The van der Waals surface area contributed by atoms with Gasteiger partial charge in [0.2, 0.25) is 0 Å². The van der Waals surface area contributed by atoms with Gasteiger partial charge in [-0.2, -0.15) is 0 Å². The van der Waals surface area contributed by atoms with Crippen molar-refractivity contribution in [2.45, 2.75) is 52.6 Å². The van der Waals surface area contributed by atoms with Crippen molar-refractivity contribution in [1.82, 2.24) is 9.97 Å². The second kappa shape index (κ2) is 6.60. The molecule has 21 heavy (non-hydrogen) atoms. The largest absolute Gasteiger partial charge is 0.393 e. The van der Waals surface area contributed by atoms with Crippen molar-refractivity contribution in [2.24, 2.45) is 5.92 Å². The van der Waals surface area contributed by atoms with Gasteiger partial charge in [-0.15, -0.1) is 0 Å². The smallest absolute Gasteiger partial charge is 0.137 e. The van der Waals surface area contributed by atoms with Gasteiger partial charge in [-0.05, 0) is 32.6 Å². The average Bonchev–Trinajstić information content (AvgIpc) is 2.39. The number of aromatic nitrogens is 2. The maximum absolute atomic E-state index is 9.43. The zero-order chi connectivity index (χ0) is 15.6. The number of anilines is 2. The van der Waals surface area contributed by atoms with E-state index in [2.05, 4.69) is 49.9 Å². The third-order valence-corrected chi connectivity index (χ3v) is 4.10. The van der Waals surface area contributed by atoms with Crippen LogP contribution in [0.4, 0.5) is 11.6 Å². The SMILES string of the molecule is CCNc1nc(C(C)C)nc(N(C)CC2CC(O)C2)c1C. The number of aliphatic hydroxyl groups is 1. The highest BCUT2D eigenvalue weighted by molar-refractivity contribution is 5.58. The Bertz CT molecular complexity index is 483. The van der Waals surface area contributed by atoms with Gasteiger partial charge >= 0.3 is 0 Å². The van der Waals surface area contributed by atoms with Crippen molar-refractivity contribution in [3.8, 4) is 0 Å². The number of nitrogens with zero attached hydrogens (tertiary/aromatic N) is 3. The molecular weight excluding hydrogens is 264 g/mol. The molecule has 0 radical (unpaired) electrons. The Morgan fingerprint density at radius 1 is 1.33 bits per heavy atom. The van der Waals surface area contributed by atoms with Crippen LogP contribution >= 0.6 is 0 Å². The predicted molar refractivity (Wildman–Crippen MR) is 87.0 cm³/mol. The first kappa shape index (κ1) is 16.0. The van der Waals surface area contributed by atoms with Crippen LogP contribution in [0.5, 0.6) is 0 Å². The van der Waals surface area contributed by atoms with Crippen LogP contribution in [0.3, 0.4) is 0 Å². The van der Waals surface area contributed by atoms with Gasteiger partial charge in [0, 0.05) is 31.6 Å². The molecule has 0 unspecified atom stereocenters. The van der Waals surface area contributed by atoms with E-state index in [0.29, 0.717) is 11.8 Å². The van der Waals surface area contributed by atoms with Crippen LogP contribution < -0.4 is 10.2 Å². The minimum atomic E-state index is -0.0987. The summed E-state index contributed by atoms with van der Waals surface area (Å²) in [6, 6.07) is 0. The van der Waals surface area contributed by atoms with E-state index in [1.807, 2.05) is 0 Å². The molecule has 1 aliphatic carbocycles. The van der Waals surface area contributed by atoms with Gasteiger partial charge in [0.15, 0.2) is 0 Å². The highest BCUT2D eigenvalue weighted by Gasteiger charge is 2.29. The molecule has 118 valence electrons. The molecule has 0 amide bonds. The molecular formula is C16H28N4O. The summed E-state index contributed by atoms with van der Waals surface area (Å²) in [5.41, 5.74) is 1.10. The van der Waals surface area contributed by atoms with Crippen LogP contribution in [0.2, 0.25) is 0 Å². The lowest BCUT2D eigenvalue weighted by Gasteiger charge is -2.35. The van der Waals surface area contributed by atoms with Crippen molar-refractivity contribution >= 4 is 11.6 Å². The summed E-state index contributed by atoms with van der Waals surface area (Å²) in [6.07, 6.45) is 1.72. The predicted octanol–water partition coefficient (Wildman–Crippen LogP) is 2.55. The fourth-order valence-electron chi connectivity index (χ4n) is 2.81. The maximum Gasteiger partial charge on any atom is 0.137 e. The topological polar surface area (TPSA) is 61.3 Å². The van der Waals surface area contributed by atoms with Gasteiger partial charge < -0.3 is 15.3 Å². The van der Waals surface area contributed by atoms with E-state index >= 15 is 0 Å². The maximum atomic E-state index is 9.43. The van der Waals surface area contributed by atoms with E-state index < -0.39 is 0 Å². The van der Waals surface area contributed by atoms with Gasteiger partial charge in [0.05, 0.1) is 6.10 Å². The third kappa shape index (κ3) is 3.64. The molecule has 5 heteroatoms. The van der Waals surface area contributed by atoms with Gasteiger partial charge in [0.25, 0.3) is 0 Å². The second-order valence-electron chi connectivity index (χ2n) is 6.44. The van der Waals surface area contributed by atoms with Gasteiger partial charge in [-0.3, -0.25) is 0 Å². The van der Waals surface area contributed by atoms with Crippen LogP contribution in [-0.2, 0) is 0 Å². The first-order valence-corrected chi connectivity index (χ1v) is 7.93. The molecule has 1 heterocycles. The van der Waals surface area contributed by atoms with E-state index in [-0.39, 0.29) is 6.10 Å². The minimum absolute atomic E-state index is 0.0987. The monoisotopic (exact) mass is 292 g/mol. The lowest BCUT2D eigenvalue weighted by atomic mass is 9.82. The van der Waals surface area contributed by atoms with Gasteiger partial charge in [0.1, 0.15) is 17.5 Å². The standard InChI is InChI=1S/C16H28N4O/c1-6-17-15-11(4)16(19-14(18-15)10(2)3)20(5)9-12-7-13(21)8-12/h10,12-13,21H,6-9H2,1-5H3,(H,17,18,19). The molecule has 2 N–H and O–H groups in total. The van der Waals surface area contributed by atoms with Crippen molar-refractivity contribution in [1.29, 1.82) is 0 Å². The number of hydrogen-bond acceptors (Lipinski definition) is 5. The summed E-state index contributed by atoms with van der Waals surface area (Å²) in [6.45, 7) is 10.2. The normalized spacial score (nSPS) is 21.3. The molecule has 5 nitrogen and oxygen atoms in total. The Balaban J connectivity index is 2.23. The minimum Gasteiger partial charge on any atom is -0.393 e. The summed E-state index contributed by atoms with van der Waals surface area (Å²) < 4.78 is 0. The Morgan fingerprint density at radius 3 is 2.52 bits per heavy atom. The van der Waals surface area contributed by atoms with Gasteiger partial charge in [-0.25, -0.2) is 9.97 Å². The lowest BCUT2D eigenvalue weighted by Crippen LogP contribution is -2.37. The number of aliphatic hydroxyl groups excluding tert-OH is 1. The molecule has 1 fully saturated rings. The third-order valence-electron chi connectivity index (χ3n) is 4.10. The van der Waals surface area contributed by atoms with E-state index in [4.69, 9.17) is 4.98 Å². The fourth-order valence-corrected chi connectivity index (χ4v) is 2.81. The summed E-state index contributed by atoms with van der Waals surface area (Å²) in [4.78, 5) is 11.6. The first-order chi connectivity index (χ1) is 9.92. The quantitative estimate of drug-likeness (QED) is 0.844. The Kier molecular flexibility index (Phi) is 5.04. The fraction of sp³-hybridized carbons (Fsp3) is 0.750. The van der Waals surface area contributed by atoms with Crippen LogP contribution in [0.15, 0.2) is 0 Å². The Hall–Kier alpha value is -1.36. The lowest BCUT2D eigenvalue weighted by molar-refractivity contribution is 0.0464. The summed E-state index contributed by atoms with van der Waals surface area (Å²) in [5.74, 6) is 3.70. The van der Waals surface area contributed by atoms with Crippen molar-refractivity contribution < 1.29 is 5.11 Å². The number of hydrogen-bond donors (Lipinski definition) is 2. The molecule has 0 saturated heterocycles. The molecule has 2 rings (SSSR count). The zero-order valence-electron chi connectivity index (χ0n) is 13.8. The van der Waals surface area contributed by atoms with Crippen LogP contribution in [-0.4, -0.2) is 41.3 Å². The summed E-state index contributed by atoms with van der Waals surface area (Å²) >= 11 is 0.